The molecule has 0 fully saturated rings. The minimum absolute atomic E-state index is 0.357. The van der Waals surface area contributed by atoms with E-state index < -0.39 is 0 Å². The van der Waals surface area contributed by atoms with E-state index in [0.29, 0.717) is 16.5 Å². The van der Waals surface area contributed by atoms with Crippen LogP contribution in [0.25, 0.3) is 0 Å². The van der Waals surface area contributed by atoms with Crippen molar-refractivity contribution in [3.8, 4) is 0 Å². The van der Waals surface area contributed by atoms with E-state index in [1.165, 1.54) is 11.3 Å². The molecule has 1 radical (unpaired) electrons. The fourth-order valence-corrected chi connectivity index (χ4v) is 1.46. The van der Waals surface area contributed by atoms with E-state index in [1.807, 2.05) is 0 Å². The Hall–Kier alpha value is -0.540. The van der Waals surface area contributed by atoms with Crippen LogP contribution in [0.5, 0.6) is 0 Å². The monoisotopic (exact) mass is 189 g/mol. The lowest BCUT2D eigenvalue weighted by Gasteiger charge is -1.95. The fraction of sp³-hybridized carbons (Fsp3) is 0.286. The summed E-state index contributed by atoms with van der Waals surface area (Å²) in [5.74, 6) is -0.357. The molecule has 0 saturated carbocycles. The molecule has 0 spiro atoms. The third-order valence-corrected chi connectivity index (χ3v) is 2.16. The van der Waals surface area contributed by atoms with Gasteiger partial charge in [-0.2, -0.15) is 0 Å². The highest BCUT2D eigenvalue weighted by atomic mass is 35.5. The topological polar surface area (TPSA) is 26.3 Å². The minimum Gasteiger partial charge on any atom is -0.462 e. The van der Waals surface area contributed by atoms with Crippen molar-refractivity contribution in [1.29, 1.82) is 0 Å². The summed E-state index contributed by atoms with van der Waals surface area (Å²) in [6, 6.07) is 2.67. The van der Waals surface area contributed by atoms with Gasteiger partial charge in [0.05, 0.1) is 11.6 Å². The third kappa shape index (κ3) is 2.20. The van der Waals surface area contributed by atoms with Crippen LogP contribution >= 0.6 is 22.9 Å². The lowest BCUT2D eigenvalue weighted by Crippen LogP contribution is -2.01. The normalized spacial score (nSPS) is 9.64. The van der Waals surface area contributed by atoms with E-state index in [1.54, 1.807) is 12.3 Å². The molecule has 0 aliphatic heterocycles. The standard InChI is InChI=1S/C7H6ClO2S/c1-2-10-7(9)6-3-5(8)4-11-6/h4H,2H2,1H3. The zero-order chi connectivity index (χ0) is 8.27. The van der Waals surface area contributed by atoms with Gasteiger partial charge >= 0.3 is 5.97 Å². The van der Waals surface area contributed by atoms with Gasteiger partial charge in [-0.3, -0.25) is 0 Å². The lowest BCUT2D eigenvalue weighted by atomic mass is 10.5. The Morgan fingerprint density at radius 3 is 3.09 bits per heavy atom. The lowest BCUT2D eigenvalue weighted by molar-refractivity contribution is 0.0532. The summed E-state index contributed by atoms with van der Waals surface area (Å²) >= 11 is 6.79. The van der Waals surface area contributed by atoms with E-state index in [4.69, 9.17) is 16.3 Å². The predicted octanol–water partition coefficient (Wildman–Crippen LogP) is 2.38. The number of carbonyl (C=O) groups excluding carboxylic acids is 1. The first kappa shape index (κ1) is 8.56. The molecule has 0 bridgehead atoms. The first-order valence-corrected chi connectivity index (χ1v) is 4.33. The van der Waals surface area contributed by atoms with Gasteiger partial charge < -0.3 is 4.74 Å². The van der Waals surface area contributed by atoms with Gasteiger partial charge in [0.2, 0.25) is 0 Å². The van der Waals surface area contributed by atoms with Crippen molar-refractivity contribution in [2.45, 2.75) is 6.92 Å². The highest BCUT2D eigenvalue weighted by Gasteiger charge is 2.08. The van der Waals surface area contributed by atoms with Gasteiger partial charge in [-0.15, -0.1) is 11.3 Å². The SMILES string of the molecule is CCOC(=O)c1[c]c(Cl)cs1. The van der Waals surface area contributed by atoms with Crippen molar-refractivity contribution >= 4 is 28.9 Å². The van der Waals surface area contributed by atoms with Crippen LogP contribution in [0.4, 0.5) is 0 Å². The minimum atomic E-state index is -0.357. The molecule has 2 nitrogen and oxygen atoms in total. The number of esters is 1. The predicted molar refractivity (Wildman–Crippen MR) is 44.1 cm³/mol. The summed E-state index contributed by atoms with van der Waals surface area (Å²) in [6.07, 6.45) is 0. The molecule has 11 heavy (non-hydrogen) atoms. The summed E-state index contributed by atoms with van der Waals surface area (Å²) in [5.41, 5.74) is 0. The average molecular weight is 190 g/mol. The van der Waals surface area contributed by atoms with Crippen LogP contribution in [0.15, 0.2) is 5.38 Å². The average Bonchev–Trinajstić information content (AvgIpc) is 2.36. The molecule has 0 amide bonds. The van der Waals surface area contributed by atoms with E-state index in [0.717, 1.165) is 0 Å². The molecule has 0 atom stereocenters. The third-order valence-electron chi connectivity index (χ3n) is 0.974. The number of hydrogen-bond acceptors (Lipinski definition) is 3. The van der Waals surface area contributed by atoms with Crippen molar-refractivity contribution < 1.29 is 9.53 Å². The number of rotatable bonds is 2. The molecule has 0 aliphatic rings. The molecular weight excluding hydrogens is 184 g/mol. The van der Waals surface area contributed by atoms with Crippen molar-refractivity contribution in [3.63, 3.8) is 0 Å². The molecule has 1 aromatic heterocycles. The second-order valence-electron chi connectivity index (χ2n) is 1.76. The zero-order valence-electron chi connectivity index (χ0n) is 5.89. The Morgan fingerprint density at radius 2 is 2.64 bits per heavy atom. The maximum Gasteiger partial charge on any atom is 0.348 e. The zero-order valence-corrected chi connectivity index (χ0v) is 7.46. The van der Waals surface area contributed by atoms with Crippen LogP contribution < -0.4 is 0 Å². The van der Waals surface area contributed by atoms with Crippen LogP contribution in [0.3, 0.4) is 0 Å². The highest BCUT2D eigenvalue weighted by molar-refractivity contribution is 7.12. The molecule has 1 heterocycles. The number of ether oxygens (including phenoxy) is 1. The smallest absolute Gasteiger partial charge is 0.348 e. The van der Waals surface area contributed by atoms with Crippen LogP contribution in [0, 0.1) is 6.07 Å². The Bertz CT molecular complexity index is 257. The molecule has 0 aromatic carbocycles. The van der Waals surface area contributed by atoms with Crippen molar-refractivity contribution in [2.24, 2.45) is 0 Å². The Balaban J connectivity index is 2.69. The maximum atomic E-state index is 11.0. The summed E-state index contributed by atoms with van der Waals surface area (Å²) < 4.78 is 4.72. The molecule has 0 unspecified atom stereocenters. The second kappa shape index (κ2) is 3.74. The number of thiophene rings is 1. The van der Waals surface area contributed by atoms with Gasteiger partial charge in [0.25, 0.3) is 0 Å². The highest BCUT2D eigenvalue weighted by Crippen LogP contribution is 2.18. The van der Waals surface area contributed by atoms with E-state index in [-0.39, 0.29) is 5.97 Å². The largest absolute Gasteiger partial charge is 0.462 e. The van der Waals surface area contributed by atoms with E-state index in [9.17, 15) is 4.79 Å². The molecular formula is C7H6ClO2S. The van der Waals surface area contributed by atoms with E-state index >= 15 is 0 Å². The van der Waals surface area contributed by atoms with Crippen LogP contribution in [0.2, 0.25) is 5.02 Å². The molecule has 4 heteroatoms. The van der Waals surface area contributed by atoms with Gasteiger partial charge in [-0.25, -0.2) is 4.79 Å². The summed E-state index contributed by atoms with van der Waals surface area (Å²) in [4.78, 5) is 11.4. The summed E-state index contributed by atoms with van der Waals surface area (Å²) in [6.45, 7) is 2.13. The van der Waals surface area contributed by atoms with Gasteiger partial charge in [-0.1, -0.05) is 11.6 Å². The van der Waals surface area contributed by atoms with Gasteiger partial charge in [0.15, 0.2) is 0 Å². The molecule has 1 rings (SSSR count). The number of halogens is 1. The molecule has 0 aliphatic carbocycles. The Labute approximate surface area is 73.7 Å². The van der Waals surface area contributed by atoms with Crippen LogP contribution in [-0.2, 0) is 4.74 Å². The quantitative estimate of drug-likeness (QED) is 0.668. The fourth-order valence-electron chi connectivity index (χ4n) is 0.574. The van der Waals surface area contributed by atoms with Crippen molar-refractivity contribution in [2.75, 3.05) is 6.61 Å². The first-order chi connectivity index (χ1) is 5.24. The summed E-state index contributed by atoms with van der Waals surface area (Å²) in [7, 11) is 0. The van der Waals surface area contributed by atoms with Crippen LogP contribution in [-0.4, -0.2) is 12.6 Å². The van der Waals surface area contributed by atoms with Crippen molar-refractivity contribution in [1.82, 2.24) is 0 Å². The number of hydrogen-bond donors (Lipinski definition) is 0. The van der Waals surface area contributed by atoms with Gasteiger partial charge in [0.1, 0.15) is 4.88 Å². The Morgan fingerprint density at radius 1 is 1.91 bits per heavy atom. The van der Waals surface area contributed by atoms with Gasteiger partial charge in [0, 0.05) is 11.4 Å². The van der Waals surface area contributed by atoms with Gasteiger partial charge in [-0.05, 0) is 6.92 Å². The Kier molecular flexibility index (Phi) is 2.91. The maximum absolute atomic E-state index is 11.0. The summed E-state index contributed by atoms with van der Waals surface area (Å²) in [5, 5.41) is 2.10. The molecule has 0 N–H and O–H groups in total. The van der Waals surface area contributed by atoms with Crippen LogP contribution in [0.1, 0.15) is 16.6 Å². The van der Waals surface area contributed by atoms with E-state index in [2.05, 4.69) is 6.07 Å². The molecule has 0 saturated heterocycles. The first-order valence-electron chi connectivity index (χ1n) is 3.07. The molecule has 59 valence electrons. The second-order valence-corrected chi connectivity index (χ2v) is 3.05. The number of carbonyl (C=O) groups is 1. The molecule has 1 aromatic rings. The van der Waals surface area contributed by atoms with Crippen molar-refractivity contribution in [3.05, 3.63) is 21.3 Å².